The van der Waals surface area contributed by atoms with Crippen LogP contribution in [0.15, 0.2) is 134 Å². The Morgan fingerprint density at radius 3 is 2.68 bits per heavy atom. The molecule has 2 aliphatic rings. The molecule has 0 saturated carbocycles. The molecular weight excluding hydrogens is 593 g/mol. The average Bonchev–Trinajstić information content (AvgIpc) is 3.49. The standard InChI is InChI=1S/C42H34N4S/c1-28-11-6-7-22-46(41-35(28)20-21-36-40-29(2)12-8-19-39(40)47-42(36)41)34-18-10-14-31(24-34)27-45-38(32-15-4-3-5-16-32)25-37(44)33-17-9-13-30(23-33)26-43/h3-11,13-25,29,44-45H,1,12,27H2,2H3/b11-6-,22-7-,38-25-,44-37?. The van der Waals surface area contributed by atoms with E-state index in [0.29, 0.717) is 29.3 Å². The predicted molar refractivity (Wildman–Crippen MR) is 199 cm³/mol. The molecule has 0 fully saturated rings. The van der Waals surface area contributed by atoms with Crippen molar-refractivity contribution in [2.75, 3.05) is 4.90 Å². The minimum Gasteiger partial charge on any atom is -0.380 e. The van der Waals surface area contributed by atoms with Crippen LogP contribution < -0.4 is 10.2 Å². The molecule has 1 aliphatic carbocycles. The molecule has 5 heteroatoms. The second-order valence-corrected chi connectivity index (χ2v) is 13.0. The summed E-state index contributed by atoms with van der Waals surface area (Å²) in [5.41, 5.74) is 10.3. The van der Waals surface area contributed by atoms with Crippen molar-refractivity contribution in [3.63, 3.8) is 0 Å². The van der Waals surface area contributed by atoms with E-state index in [1.807, 2.05) is 59.9 Å². The van der Waals surface area contributed by atoms with Gasteiger partial charge in [-0.1, -0.05) is 98.5 Å². The van der Waals surface area contributed by atoms with Crippen LogP contribution in [-0.4, -0.2) is 5.71 Å². The van der Waals surface area contributed by atoms with E-state index in [2.05, 4.69) is 103 Å². The molecule has 4 nitrogen and oxygen atoms in total. The summed E-state index contributed by atoms with van der Waals surface area (Å²) < 4.78 is 1.28. The van der Waals surface area contributed by atoms with Crippen LogP contribution in [0.4, 0.5) is 11.4 Å². The Morgan fingerprint density at radius 2 is 1.83 bits per heavy atom. The fraction of sp³-hybridized carbons (Fsp3) is 0.0952. The van der Waals surface area contributed by atoms with Gasteiger partial charge in [-0.05, 0) is 82.5 Å². The van der Waals surface area contributed by atoms with Crippen LogP contribution >= 0.6 is 11.3 Å². The highest BCUT2D eigenvalue weighted by molar-refractivity contribution is 7.20. The van der Waals surface area contributed by atoms with E-state index in [1.54, 1.807) is 12.1 Å². The number of hydrogen-bond acceptors (Lipinski definition) is 5. The van der Waals surface area contributed by atoms with Crippen molar-refractivity contribution < 1.29 is 0 Å². The topological polar surface area (TPSA) is 62.9 Å². The van der Waals surface area contributed by atoms with Crippen molar-refractivity contribution in [3.8, 4) is 6.07 Å². The van der Waals surface area contributed by atoms with Gasteiger partial charge in [0, 0.05) is 40.1 Å². The normalized spacial score (nSPS) is 16.9. The molecule has 1 aliphatic heterocycles. The van der Waals surface area contributed by atoms with Crippen LogP contribution in [0.3, 0.4) is 0 Å². The van der Waals surface area contributed by atoms with Crippen molar-refractivity contribution in [3.05, 3.63) is 172 Å². The highest BCUT2D eigenvalue weighted by Gasteiger charge is 2.25. The summed E-state index contributed by atoms with van der Waals surface area (Å²) in [5.74, 6) is 0.487. The van der Waals surface area contributed by atoms with Crippen LogP contribution in [0.25, 0.3) is 27.4 Å². The number of hydrogen-bond donors (Lipinski definition) is 2. The summed E-state index contributed by atoms with van der Waals surface area (Å²) in [6.07, 6.45) is 15.9. The minimum atomic E-state index is 0.338. The summed E-state index contributed by atoms with van der Waals surface area (Å²) in [7, 11) is 0. The number of fused-ring (bicyclic) bond motifs is 5. The SMILES string of the molecule is C=C1/C=C\C=C/N(c2cccc(CN/C(=C\C(=N)c3cccc(C#N)c3)c3ccccc3)c2)c2c1ccc1c3c(sc21)C=CCC3C. The number of nitriles is 1. The highest BCUT2D eigenvalue weighted by Crippen LogP contribution is 2.48. The molecule has 5 aromatic rings. The molecule has 228 valence electrons. The molecule has 2 heterocycles. The lowest BCUT2D eigenvalue weighted by Crippen LogP contribution is -2.15. The molecule has 0 bridgehead atoms. The minimum absolute atomic E-state index is 0.338. The van der Waals surface area contributed by atoms with Gasteiger partial charge in [0.2, 0.25) is 0 Å². The number of nitrogens with one attached hydrogen (secondary N) is 2. The summed E-state index contributed by atoms with van der Waals surface area (Å²) >= 11 is 1.87. The molecule has 1 aromatic heterocycles. The number of anilines is 2. The molecule has 4 aromatic carbocycles. The zero-order chi connectivity index (χ0) is 32.3. The molecule has 47 heavy (non-hydrogen) atoms. The Bertz CT molecular complexity index is 2190. The molecule has 7 rings (SSSR count). The van der Waals surface area contributed by atoms with Crippen molar-refractivity contribution in [1.29, 1.82) is 10.7 Å². The first-order valence-electron chi connectivity index (χ1n) is 15.8. The van der Waals surface area contributed by atoms with Gasteiger partial charge in [0.05, 0.1) is 27.7 Å². The molecule has 2 N–H and O–H groups in total. The number of benzene rings is 4. The summed E-state index contributed by atoms with van der Waals surface area (Å²) in [4.78, 5) is 3.65. The molecular formula is C42H34N4S. The lowest BCUT2D eigenvalue weighted by Gasteiger charge is -2.26. The van der Waals surface area contributed by atoms with Gasteiger partial charge in [-0.15, -0.1) is 11.3 Å². The van der Waals surface area contributed by atoms with Crippen molar-refractivity contribution in [2.24, 2.45) is 0 Å². The van der Waals surface area contributed by atoms with Gasteiger partial charge in [-0.2, -0.15) is 5.26 Å². The number of thiophene rings is 1. The Balaban J connectivity index is 1.25. The molecule has 0 saturated heterocycles. The van der Waals surface area contributed by atoms with Crippen LogP contribution in [-0.2, 0) is 6.54 Å². The van der Waals surface area contributed by atoms with Crippen LogP contribution in [0.1, 0.15) is 57.5 Å². The Morgan fingerprint density at radius 1 is 1.00 bits per heavy atom. The van der Waals surface area contributed by atoms with Crippen LogP contribution in [0.2, 0.25) is 0 Å². The van der Waals surface area contributed by atoms with E-state index < -0.39 is 0 Å². The first kappa shape index (κ1) is 30.0. The quantitative estimate of drug-likeness (QED) is 0.177. The third-order valence-corrected chi connectivity index (χ3v) is 9.92. The predicted octanol–water partition coefficient (Wildman–Crippen LogP) is 10.7. The maximum atomic E-state index is 9.36. The summed E-state index contributed by atoms with van der Waals surface area (Å²) in [6, 6.07) is 32.6. The Kier molecular flexibility index (Phi) is 8.27. The van der Waals surface area contributed by atoms with Gasteiger partial charge in [0.25, 0.3) is 0 Å². The van der Waals surface area contributed by atoms with Crippen LogP contribution in [0, 0.1) is 16.7 Å². The number of rotatable bonds is 7. The fourth-order valence-electron chi connectivity index (χ4n) is 6.35. The molecule has 1 unspecified atom stereocenters. The van der Waals surface area contributed by atoms with Gasteiger partial charge in [-0.25, -0.2) is 0 Å². The van der Waals surface area contributed by atoms with E-state index >= 15 is 0 Å². The zero-order valence-corrected chi connectivity index (χ0v) is 27.0. The molecule has 0 radical (unpaired) electrons. The van der Waals surface area contributed by atoms with Crippen LogP contribution in [0.5, 0.6) is 0 Å². The molecule has 1 atom stereocenters. The third kappa shape index (κ3) is 6.00. The first-order chi connectivity index (χ1) is 23.0. The van der Waals surface area contributed by atoms with Gasteiger partial charge in [-0.3, -0.25) is 0 Å². The zero-order valence-electron chi connectivity index (χ0n) is 26.2. The smallest absolute Gasteiger partial charge is 0.0991 e. The number of nitrogens with zero attached hydrogens (tertiary/aromatic N) is 2. The van der Waals surface area contributed by atoms with Gasteiger partial charge in [0.15, 0.2) is 0 Å². The van der Waals surface area contributed by atoms with Gasteiger partial charge < -0.3 is 15.6 Å². The number of allylic oxidation sites excluding steroid dienone is 6. The highest BCUT2D eigenvalue weighted by atomic mass is 32.1. The Labute approximate surface area is 280 Å². The Hall–Kier alpha value is -5.70. The van der Waals surface area contributed by atoms with Gasteiger partial charge in [0.1, 0.15) is 0 Å². The van der Waals surface area contributed by atoms with E-state index in [0.717, 1.165) is 45.8 Å². The van der Waals surface area contributed by atoms with Crippen molar-refractivity contribution in [2.45, 2.75) is 25.8 Å². The summed E-state index contributed by atoms with van der Waals surface area (Å²) in [5, 5.41) is 23.1. The lowest BCUT2D eigenvalue weighted by atomic mass is 9.90. The molecule has 0 spiro atoms. The lowest BCUT2D eigenvalue weighted by molar-refractivity contribution is 0.783. The van der Waals surface area contributed by atoms with E-state index in [1.165, 1.54) is 20.5 Å². The molecule has 0 amide bonds. The third-order valence-electron chi connectivity index (χ3n) is 8.73. The fourth-order valence-corrected chi connectivity index (χ4v) is 7.75. The maximum Gasteiger partial charge on any atom is 0.0991 e. The summed E-state index contributed by atoms with van der Waals surface area (Å²) in [6.45, 7) is 7.32. The second-order valence-electron chi connectivity index (χ2n) is 11.9. The largest absolute Gasteiger partial charge is 0.380 e. The average molecular weight is 627 g/mol. The van der Waals surface area contributed by atoms with E-state index in [4.69, 9.17) is 5.41 Å². The maximum absolute atomic E-state index is 9.36. The van der Waals surface area contributed by atoms with E-state index in [-0.39, 0.29) is 0 Å². The first-order valence-corrected chi connectivity index (χ1v) is 16.6. The second kappa shape index (κ2) is 13.0. The monoisotopic (exact) mass is 626 g/mol. The van der Waals surface area contributed by atoms with Gasteiger partial charge >= 0.3 is 0 Å². The van der Waals surface area contributed by atoms with Crippen molar-refractivity contribution in [1.82, 2.24) is 5.32 Å². The van der Waals surface area contributed by atoms with Crippen molar-refractivity contribution >= 4 is 55.9 Å². The van der Waals surface area contributed by atoms with E-state index in [9.17, 15) is 5.26 Å².